The maximum absolute atomic E-state index is 12.8. The van der Waals surface area contributed by atoms with Gasteiger partial charge in [-0.1, -0.05) is 30.8 Å². The number of esters is 1. The van der Waals surface area contributed by atoms with Crippen molar-refractivity contribution in [2.75, 3.05) is 13.2 Å². The Kier molecular flexibility index (Phi) is 6.58. The molecule has 9 heteroatoms. The molecule has 0 spiro atoms. The molecule has 146 valence electrons. The van der Waals surface area contributed by atoms with E-state index in [1.165, 1.54) is 11.3 Å². The number of nitrogens with zero attached hydrogens (tertiary/aromatic N) is 2. The molecule has 28 heavy (non-hydrogen) atoms. The Morgan fingerprint density at radius 2 is 2.00 bits per heavy atom. The molecule has 0 radical (unpaired) electrons. The van der Waals surface area contributed by atoms with E-state index in [0.29, 0.717) is 22.3 Å². The molecule has 0 saturated carbocycles. The van der Waals surface area contributed by atoms with Crippen LogP contribution in [0.5, 0.6) is 5.75 Å². The van der Waals surface area contributed by atoms with Gasteiger partial charge in [-0.2, -0.15) is 0 Å². The van der Waals surface area contributed by atoms with E-state index in [4.69, 9.17) is 14.9 Å². The van der Waals surface area contributed by atoms with Gasteiger partial charge in [0.05, 0.1) is 16.6 Å². The number of hydrogen-bond donors (Lipinski definition) is 1. The Labute approximate surface area is 170 Å². The van der Waals surface area contributed by atoms with Gasteiger partial charge in [0.2, 0.25) is 0 Å². The molecule has 1 N–H and O–H groups in total. The fraction of sp³-hybridized carbons (Fsp3) is 0.316. The van der Waals surface area contributed by atoms with Crippen molar-refractivity contribution in [3.05, 3.63) is 44.7 Å². The monoisotopic (exact) mass is 417 g/mol. The van der Waals surface area contributed by atoms with E-state index in [2.05, 4.69) is 10.2 Å². The second-order valence-corrected chi connectivity index (χ2v) is 8.00. The largest absolute Gasteiger partial charge is 0.482 e. The lowest BCUT2D eigenvalue weighted by Gasteiger charge is -2.06. The van der Waals surface area contributed by atoms with E-state index in [0.717, 1.165) is 28.8 Å². The summed E-state index contributed by atoms with van der Waals surface area (Å²) in [5.41, 5.74) is 0.805. The van der Waals surface area contributed by atoms with Crippen LogP contribution in [0.4, 0.5) is 0 Å². The number of allylic oxidation sites excluding steroid dienone is 1. The molecule has 1 aromatic heterocycles. The van der Waals surface area contributed by atoms with Crippen LogP contribution < -0.4 is 4.74 Å². The van der Waals surface area contributed by atoms with Crippen LogP contribution in [-0.2, 0) is 20.7 Å². The first-order chi connectivity index (χ1) is 13.5. The summed E-state index contributed by atoms with van der Waals surface area (Å²) >= 11 is 2.53. The van der Waals surface area contributed by atoms with Crippen LogP contribution >= 0.6 is 23.1 Å². The molecule has 0 aliphatic carbocycles. The van der Waals surface area contributed by atoms with Gasteiger partial charge in [-0.15, -0.1) is 21.5 Å². The van der Waals surface area contributed by atoms with Crippen LogP contribution in [0.2, 0.25) is 0 Å². The predicted octanol–water partition coefficient (Wildman–Crippen LogP) is 3.46. The number of ether oxygens (including phenoxy) is 2. The Balaban J connectivity index is 1.69. The molecule has 2 aromatic rings. The summed E-state index contributed by atoms with van der Waals surface area (Å²) in [6, 6.07) is 7.02. The minimum Gasteiger partial charge on any atom is -0.482 e. The lowest BCUT2D eigenvalue weighted by Crippen LogP contribution is -2.14. The first kappa shape index (κ1) is 20.2. The Morgan fingerprint density at radius 3 is 2.64 bits per heavy atom. The van der Waals surface area contributed by atoms with Crippen LogP contribution in [-0.4, -0.2) is 40.2 Å². The Bertz CT molecular complexity index is 922. The first-order valence-corrected chi connectivity index (χ1v) is 10.4. The summed E-state index contributed by atoms with van der Waals surface area (Å²) in [5, 5.41) is 18.0. The summed E-state index contributed by atoms with van der Waals surface area (Å²) in [6.45, 7) is 3.88. The number of aromatic nitrogens is 2. The van der Waals surface area contributed by atoms with Gasteiger partial charge >= 0.3 is 5.97 Å². The fourth-order valence-electron chi connectivity index (χ4n) is 2.50. The average Bonchev–Trinajstić information content (AvgIpc) is 3.25. The average molecular weight is 418 g/mol. The molecule has 0 amide bonds. The van der Waals surface area contributed by atoms with E-state index in [1.54, 1.807) is 37.3 Å². The predicted molar refractivity (Wildman–Crippen MR) is 109 cm³/mol. The Morgan fingerprint density at radius 1 is 1.25 bits per heavy atom. The topological polar surface area (TPSA) is 102 Å². The number of thioether (sulfide) groups is 1. The van der Waals surface area contributed by atoms with Crippen molar-refractivity contribution >= 4 is 46.0 Å². The van der Waals surface area contributed by atoms with E-state index < -0.39 is 11.9 Å². The van der Waals surface area contributed by atoms with E-state index >= 15 is 0 Å². The van der Waals surface area contributed by atoms with Crippen molar-refractivity contribution in [1.82, 2.24) is 10.2 Å². The molecule has 3 rings (SSSR count). The molecule has 1 aliphatic heterocycles. The third-order valence-corrected chi connectivity index (χ3v) is 5.99. The molecule has 1 aromatic carbocycles. The van der Waals surface area contributed by atoms with Crippen LogP contribution in [0, 0.1) is 5.41 Å². The fourth-order valence-corrected chi connectivity index (χ4v) is 4.45. The number of carbonyl (C=O) groups excluding carboxylic acids is 2. The van der Waals surface area contributed by atoms with E-state index in [9.17, 15) is 9.59 Å². The summed E-state index contributed by atoms with van der Waals surface area (Å²) in [7, 11) is 0. The van der Waals surface area contributed by atoms with Crippen molar-refractivity contribution in [2.45, 2.75) is 26.2 Å². The Hall–Kier alpha value is -2.52. The van der Waals surface area contributed by atoms with Gasteiger partial charge in [0.25, 0.3) is 0 Å². The van der Waals surface area contributed by atoms with Gasteiger partial charge < -0.3 is 9.47 Å². The first-order valence-electron chi connectivity index (χ1n) is 8.74. The standard InChI is InChI=1S/C19H19N3O4S2/c1-3-14-21-22-19(28-14)16-17(24)13(27-18(16)20)9-11-5-7-12(8-6-11)26-10-15(23)25-4-2/h5-9,16,20H,3-4,10H2,1-2H3. The molecular formula is C19H19N3O4S2. The third kappa shape index (κ3) is 4.66. The highest BCUT2D eigenvalue weighted by molar-refractivity contribution is 8.19. The van der Waals surface area contributed by atoms with Crippen LogP contribution in [0.3, 0.4) is 0 Å². The second-order valence-electron chi connectivity index (χ2n) is 5.82. The number of nitrogens with one attached hydrogen (secondary N) is 1. The van der Waals surface area contributed by atoms with Crippen molar-refractivity contribution in [3.63, 3.8) is 0 Å². The maximum Gasteiger partial charge on any atom is 0.344 e. The molecule has 2 heterocycles. The van der Waals surface area contributed by atoms with Gasteiger partial charge in [0, 0.05) is 0 Å². The SMILES string of the molecule is CCOC(=O)COc1ccc(C=C2SC(=N)C(c3nnc(CC)s3)C2=O)cc1. The normalized spacial score (nSPS) is 17.9. The summed E-state index contributed by atoms with van der Waals surface area (Å²) in [6.07, 6.45) is 2.50. The lowest BCUT2D eigenvalue weighted by atomic mass is 10.1. The van der Waals surface area contributed by atoms with Gasteiger partial charge in [-0.25, -0.2) is 4.79 Å². The van der Waals surface area contributed by atoms with Gasteiger partial charge in [-0.05, 0) is 37.1 Å². The summed E-state index contributed by atoms with van der Waals surface area (Å²) in [5.74, 6) is -0.668. The third-order valence-electron chi connectivity index (χ3n) is 3.86. The highest BCUT2D eigenvalue weighted by Crippen LogP contribution is 2.41. The van der Waals surface area contributed by atoms with Crippen LogP contribution in [0.25, 0.3) is 6.08 Å². The zero-order chi connectivity index (χ0) is 20.1. The zero-order valence-corrected chi connectivity index (χ0v) is 17.1. The van der Waals surface area contributed by atoms with Crippen molar-refractivity contribution in [1.29, 1.82) is 5.41 Å². The zero-order valence-electron chi connectivity index (χ0n) is 15.4. The van der Waals surface area contributed by atoms with Gasteiger partial charge in [0.1, 0.15) is 21.7 Å². The number of benzene rings is 1. The minimum absolute atomic E-state index is 0.128. The van der Waals surface area contributed by atoms with Crippen LogP contribution in [0.1, 0.15) is 35.3 Å². The molecule has 1 aliphatic rings. The van der Waals surface area contributed by atoms with Gasteiger partial charge in [-0.3, -0.25) is 10.2 Å². The van der Waals surface area contributed by atoms with Crippen molar-refractivity contribution in [2.24, 2.45) is 0 Å². The number of rotatable bonds is 7. The maximum atomic E-state index is 12.8. The summed E-state index contributed by atoms with van der Waals surface area (Å²) in [4.78, 5) is 24.6. The van der Waals surface area contributed by atoms with E-state index in [-0.39, 0.29) is 17.4 Å². The molecule has 1 saturated heterocycles. The van der Waals surface area contributed by atoms with Crippen LogP contribution in [0.15, 0.2) is 29.2 Å². The number of ketones is 1. The quantitative estimate of drug-likeness (QED) is 0.544. The molecule has 7 nitrogen and oxygen atoms in total. The smallest absolute Gasteiger partial charge is 0.344 e. The lowest BCUT2D eigenvalue weighted by molar-refractivity contribution is -0.145. The second kappa shape index (κ2) is 9.11. The van der Waals surface area contributed by atoms with Gasteiger partial charge in [0.15, 0.2) is 12.4 Å². The minimum atomic E-state index is -0.652. The molecule has 1 unspecified atom stereocenters. The molecule has 1 fully saturated rings. The van der Waals surface area contributed by atoms with Crippen molar-refractivity contribution < 1.29 is 19.1 Å². The molecular weight excluding hydrogens is 398 g/mol. The number of aryl methyl sites for hydroxylation is 1. The van der Waals surface area contributed by atoms with E-state index in [1.807, 2.05) is 6.92 Å². The number of Topliss-reactive ketones (excluding diaryl/α,β-unsaturated/α-hetero) is 1. The summed E-state index contributed by atoms with van der Waals surface area (Å²) < 4.78 is 10.2. The molecule has 1 atom stereocenters. The molecule has 0 bridgehead atoms. The van der Waals surface area contributed by atoms with Crippen molar-refractivity contribution in [3.8, 4) is 5.75 Å². The number of carbonyl (C=O) groups is 2. The number of hydrogen-bond acceptors (Lipinski definition) is 9. The highest BCUT2D eigenvalue weighted by atomic mass is 32.2. The highest BCUT2D eigenvalue weighted by Gasteiger charge is 2.39.